The minimum Gasteiger partial charge on any atom is -0.362 e. The van der Waals surface area contributed by atoms with E-state index in [0.717, 1.165) is 17.3 Å². The molecule has 2 rings (SSSR count). The largest absolute Gasteiger partial charge is 0.362 e. The lowest BCUT2D eigenvalue weighted by Crippen LogP contribution is -2.32. The molecular weight excluding hydrogens is 386 g/mol. The van der Waals surface area contributed by atoms with Crippen molar-refractivity contribution in [1.29, 1.82) is 0 Å². The maximum Gasteiger partial charge on any atom is 0.170 e. The van der Waals surface area contributed by atoms with E-state index in [2.05, 4.69) is 17.6 Å². The SMILES string of the molecule is CC(CNC(=S)Nc1ccc(F)c(Cl)c1)CSc1ccc(Cl)cc1. The summed E-state index contributed by atoms with van der Waals surface area (Å²) in [5.74, 6) is 0.927. The second-order valence-electron chi connectivity index (χ2n) is 5.33. The van der Waals surface area contributed by atoms with Gasteiger partial charge in [-0.15, -0.1) is 11.8 Å². The van der Waals surface area contributed by atoms with Crippen LogP contribution in [0.4, 0.5) is 10.1 Å². The molecule has 128 valence electrons. The molecule has 24 heavy (non-hydrogen) atoms. The van der Waals surface area contributed by atoms with Gasteiger partial charge in [-0.05, 0) is 60.6 Å². The van der Waals surface area contributed by atoms with Gasteiger partial charge in [0, 0.05) is 27.9 Å². The maximum atomic E-state index is 13.1. The Kier molecular flexibility index (Phi) is 7.62. The highest BCUT2D eigenvalue weighted by atomic mass is 35.5. The molecule has 0 bridgehead atoms. The molecule has 0 saturated carbocycles. The molecule has 0 fully saturated rings. The lowest BCUT2D eigenvalue weighted by Gasteiger charge is -2.15. The molecule has 0 aliphatic rings. The summed E-state index contributed by atoms with van der Waals surface area (Å²) >= 11 is 18.6. The van der Waals surface area contributed by atoms with Gasteiger partial charge >= 0.3 is 0 Å². The van der Waals surface area contributed by atoms with Crippen molar-refractivity contribution in [1.82, 2.24) is 5.32 Å². The molecular formula is C17H17Cl2FN2S2. The summed E-state index contributed by atoms with van der Waals surface area (Å²) < 4.78 is 13.1. The lowest BCUT2D eigenvalue weighted by molar-refractivity contribution is 0.628. The van der Waals surface area contributed by atoms with E-state index < -0.39 is 5.82 Å². The quantitative estimate of drug-likeness (QED) is 0.467. The normalized spacial score (nSPS) is 11.8. The van der Waals surface area contributed by atoms with Crippen molar-refractivity contribution in [2.45, 2.75) is 11.8 Å². The maximum absolute atomic E-state index is 13.1. The van der Waals surface area contributed by atoms with Crippen LogP contribution < -0.4 is 10.6 Å². The molecule has 0 amide bonds. The van der Waals surface area contributed by atoms with Crippen molar-refractivity contribution in [3.63, 3.8) is 0 Å². The van der Waals surface area contributed by atoms with Crippen LogP contribution in [-0.4, -0.2) is 17.4 Å². The molecule has 2 aromatic rings. The van der Waals surface area contributed by atoms with Gasteiger partial charge in [-0.25, -0.2) is 4.39 Å². The minimum absolute atomic E-state index is 0.0653. The van der Waals surface area contributed by atoms with Crippen LogP contribution in [0.1, 0.15) is 6.92 Å². The number of hydrogen-bond donors (Lipinski definition) is 2. The van der Waals surface area contributed by atoms with E-state index in [4.69, 9.17) is 35.4 Å². The Bertz CT molecular complexity index is 695. The number of benzene rings is 2. The molecule has 7 heteroatoms. The Labute approximate surface area is 161 Å². The first-order valence-electron chi connectivity index (χ1n) is 7.32. The number of halogens is 3. The Morgan fingerprint density at radius 2 is 1.92 bits per heavy atom. The third-order valence-electron chi connectivity index (χ3n) is 3.14. The number of anilines is 1. The minimum atomic E-state index is -0.450. The lowest BCUT2D eigenvalue weighted by atomic mass is 10.2. The van der Waals surface area contributed by atoms with Gasteiger partial charge in [-0.1, -0.05) is 30.1 Å². The van der Waals surface area contributed by atoms with Crippen molar-refractivity contribution in [3.05, 3.63) is 58.3 Å². The number of thioether (sulfide) groups is 1. The zero-order chi connectivity index (χ0) is 17.5. The Hall–Kier alpha value is -1.01. The van der Waals surface area contributed by atoms with Crippen LogP contribution in [0.5, 0.6) is 0 Å². The smallest absolute Gasteiger partial charge is 0.170 e. The molecule has 2 nitrogen and oxygen atoms in total. The molecule has 0 spiro atoms. The summed E-state index contributed by atoms with van der Waals surface area (Å²) in [6.07, 6.45) is 0. The van der Waals surface area contributed by atoms with E-state index in [-0.39, 0.29) is 5.02 Å². The van der Waals surface area contributed by atoms with Gasteiger partial charge in [0.2, 0.25) is 0 Å². The standard InChI is InChI=1S/C17H17Cl2FN2S2/c1-11(10-24-14-5-2-12(18)3-6-14)9-21-17(23)22-13-4-7-16(20)15(19)8-13/h2-8,11H,9-10H2,1H3,(H2,21,22,23). The van der Waals surface area contributed by atoms with E-state index in [0.29, 0.717) is 16.7 Å². The molecule has 2 N–H and O–H groups in total. The highest BCUT2D eigenvalue weighted by Crippen LogP contribution is 2.22. The summed E-state index contributed by atoms with van der Waals surface area (Å²) in [6.45, 7) is 2.88. The number of nitrogens with one attached hydrogen (secondary N) is 2. The van der Waals surface area contributed by atoms with Crippen LogP contribution in [0.25, 0.3) is 0 Å². The molecule has 0 aliphatic carbocycles. The van der Waals surface area contributed by atoms with Gasteiger partial charge in [-0.2, -0.15) is 0 Å². The van der Waals surface area contributed by atoms with Crippen molar-refractivity contribution < 1.29 is 4.39 Å². The average molecular weight is 403 g/mol. The fraction of sp³-hybridized carbons (Fsp3) is 0.235. The van der Waals surface area contributed by atoms with Crippen molar-refractivity contribution in [2.24, 2.45) is 5.92 Å². The first-order chi connectivity index (χ1) is 11.4. The Morgan fingerprint density at radius 1 is 1.21 bits per heavy atom. The number of hydrogen-bond acceptors (Lipinski definition) is 2. The predicted molar refractivity (Wildman–Crippen MR) is 107 cm³/mol. The Balaban J connectivity index is 1.72. The summed E-state index contributed by atoms with van der Waals surface area (Å²) in [6, 6.07) is 12.2. The Morgan fingerprint density at radius 3 is 2.58 bits per heavy atom. The molecule has 0 aromatic heterocycles. The van der Waals surface area contributed by atoms with E-state index in [9.17, 15) is 4.39 Å². The van der Waals surface area contributed by atoms with Crippen LogP contribution in [0.2, 0.25) is 10.0 Å². The van der Waals surface area contributed by atoms with Gasteiger partial charge in [-0.3, -0.25) is 0 Å². The summed E-state index contributed by atoms with van der Waals surface area (Å²) in [5.41, 5.74) is 0.655. The van der Waals surface area contributed by atoms with Gasteiger partial charge < -0.3 is 10.6 Å². The summed E-state index contributed by atoms with van der Waals surface area (Å²) in [7, 11) is 0. The molecule has 0 heterocycles. The highest BCUT2D eigenvalue weighted by Gasteiger charge is 2.06. The molecule has 0 radical (unpaired) electrons. The van der Waals surface area contributed by atoms with E-state index >= 15 is 0 Å². The van der Waals surface area contributed by atoms with Crippen LogP contribution >= 0.6 is 47.2 Å². The molecule has 1 unspecified atom stereocenters. The first kappa shape index (κ1) is 19.3. The van der Waals surface area contributed by atoms with Gasteiger partial charge in [0.25, 0.3) is 0 Å². The van der Waals surface area contributed by atoms with Gasteiger partial charge in [0.1, 0.15) is 5.82 Å². The molecule has 2 aromatic carbocycles. The predicted octanol–water partition coefficient (Wildman–Crippen LogP) is 5.85. The third-order valence-corrected chi connectivity index (χ3v) is 5.27. The second kappa shape index (κ2) is 9.47. The van der Waals surface area contributed by atoms with Crippen LogP contribution in [0.3, 0.4) is 0 Å². The summed E-state index contributed by atoms with van der Waals surface area (Å²) in [5, 5.41) is 7.45. The van der Waals surface area contributed by atoms with Gasteiger partial charge in [0.05, 0.1) is 5.02 Å². The second-order valence-corrected chi connectivity index (χ2v) is 7.68. The summed E-state index contributed by atoms with van der Waals surface area (Å²) in [4.78, 5) is 1.19. The van der Waals surface area contributed by atoms with Crippen LogP contribution in [0, 0.1) is 11.7 Å². The van der Waals surface area contributed by atoms with Gasteiger partial charge in [0.15, 0.2) is 5.11 Å². The van der Waals surface area contributed by atoms with E-state index in [1.165, 1.54) is 17.0 Å². The van der Waals surface area contributed by atoms with Crippen molar-refractivity contribution >= 4 is 58.0 Å². The fourth-order valence-electron chi connectivity index (χ4n) is 1.84. The number of thiocarbonyl (C=S) groups is 1. The van der Waals surface area contributed by atoms with Crippen LogP contribution in [-0.2, 0) is 0 Å². The zero-order valence-corrected chi connectivity index (χ0v) is 16.1. The van der Waals surface area contributed by atoms with E-state index in [1.54, 1.807) is 17.8 Å². The van der Waals surface area contributed by atoms with Crippen molar-refractivity contribution in [3.8, 4) is 0 Å². The number of rotatable bonds is 6. The molecule has 1 atom stereocenters. The van der Waals surface area contributed by atoms with Crippen molar-refractivity contribution in [2.75, 3.05) is 17.6 Å². The first-order valence-corrected chi connectivity index (χ1v) is 9.47. The van der Waals surface area contributed by atoms with Crippen LogP contribution in [0.15, 0.2) is 47.4 Å². The topological polar surface area (TPSA) is 24.1 Å². The third kappa shape index (κ3) is 6.48. The average Bonchev–Trinajstić information content (AvgIpc) is 2.56. The van der Waals surface area contributed by atoms with E-state index in [1.807, 2.05) is 24.3 Å². The monoisotopic (exact) mass is 402 g/mol. The fourth-order valence-corrected chi connectivity index (χ4v) is 3.28. The molecule has 0 aliphatic heterocycles. The highest BCUT2D eigenvalue weighted by molar-refractivity contribution is 7.99. The molecule has 0 saturated heterocycles. The zero-order valence-electron chi connectivity index (χ0n) is 13.0.